The molecule has 26 heavy (non-hydrogen) atoms. The predicted octanol–water partition coefficient (Wildman–Crippen LogP) is 4.33. The molecule has 1 atom stereocenters. The average molecular weight is 355 g/mol. The third-order valence-electron chi connectivity index (χ3n) is 4.31. The maximum absolute atomic E-state index is 12.3. The van der Waals surface area contributed by atoms with E-state index in [9.17, 15) is 4.79 Å². The van der Waals surface area contributed by atoms with Crippen molar-refractivity contribution in [1.82, 2.24) is 5.32 Å². The quantitative estimate of drug-likeness (QED) is 0.681. The fourth-order valence-electron chi connectivity index (χ4n) is 2.75. The van der Waals surface area contributed by atoms with Gasteiger partial charge in [0.2, 0.25) is 0 Å². The Bertz CT molecular complexity index is 695. The van der Waals surface area contributed by atoms with E-state index >= 15 is 0 Å². The lowest BCUT2D eigenvalue weighted by molar-refractivity contribution is -0.127. The van der Waals surface area contributed by atoms with Crippen molar-refractivity contribution in [3.63, 3.8) is 0 Å². The molecule has 0 aliphatic carbocycles. The average Bonchev–Trinajstić information content (AvgIpc) is 2.65. The lowest BCUT2D eigenvalue weighted by Crippen LogP contribution is -2.37. The number of methoxy groups -OCH3 is 1. The molecule has 2 aromatic carbocycles. The smallest absolute Gasteiger partial charge is 0.260 e. The highest BCUT2D eigenvalue weighted by molar-refractivity contribution is 5.80. The van der Waals surface area contributed by atoms with Crippen LogP contribution in [0.15, 0.2) is 48.5 Å². The van der Waals surface area contributed by atoms with Crippen LogP contribution in [-0.4, -0.2) is 25.7 Å². The summed E-state index contributed by atoms with van der Waals surface area (Å²) in [6.45, 7) is 6.65. The van der Waals surface area contributed by atoms with Crippen LogP contribution in [0.3, 0.4) is 0 Å². The van der Waals surface area contributed by atoms with E-state index in [0.29, 0.717) is 12.5 Å². The van der Waals surface area contributed by atoms with Crippen molar-refractivity contribution in [2.45, 2.75) is 45.6 Å². The van der Waals surface area contributed by atoms with Gasteiger partial charge in [0.25, 0.3) is 5.91 Å². The maximum atomic E-state index is 12.3. The Hall–Kier alpha value is -2.49. The van der Waals surface area contributed by atoms with Crippen LogP contribution >= 0.6 is 0 Å². The zero-order chi connectivity index (χ0) is 18.9. The highest BCUT2D eigenvalue weighted by atomic mass is 16.5. The normalized spacial score (nSPS) is 11.9. The van der Waals surface area contributed by atoms with Gasteiger partial charge in [-0.2, -0.15) is 0 Å². The summed E-state index contributed by atoms with van der Waals surface area (Å²) in [7, 11) is 1.66. The molecule has 0 aliphatic heterocycles. The van der Waals surface area contributed by atoms with E-state index in [1.807, 2.05) is 36.4 Å². The number of carbonyl (C=O) groups excluding carboxylic acids is 1. The fourth-order valence-corrected chi connectivity index (χ4v) is 2.75. The third kappa shape index (κ3) is 5.80. The van der Waals surface area contributed by atoms with Gasteiger partial charge in [0.15, 0.2) is 6.10 Å². The Morgan fingerprint density at radius 2 is 1.73 bits per heavy atom. The van der Waals surface area contributed by atoms with Gasteiger partial charge in [-0.25, -0.2) is 0 Å². The zero-order valence-corrected chi connectivity index (χ0v) is 16.1. The molecule has 2 rings (SSSR count). The number of amides is 1. The molecule has 0 saturated carbocycles. The minimum atomic E-state index is -0.518. The number of para-hydroxylation sites is 1. The lowest BCUT2D eigenvalue weighted by Gasteiger charge is -2.18. The van der Waals surface area contributed by atoms with Gasteiger partial charge in [-0.1, -0.05) is 44.2 Å². The largest absolute Gasteiger partial charge is 0.497 e. The van der Waals surface area contributed by atoms with E-state index < -0.39 is 6.10 Å². The molecule has 0 aromatic heterocycles. The van der Waals surface area contributed by atoms with Crippen LogP contribution in [0, 0.1) is 0 Å². The maximum Gasteiger partial charge on any atom is 0.260 e. The first-order valence-electron chi connectivity index (χ1n) is 9.17. The zero-order valence-electron chi connectivity index (χ0n) is 16.1. The molecule has 0 fully saturated rings. The number of rotatable bonds is 9. The number of benzene rings is 2. The standard InChI is InChI=1S/C22H29NO3/c1-16(2)20-9-5-6-10-21(20)26-17(3)22(24)23-15-7-8-18-11-13-19(25-4)14-12-18/h5-6,9-14,16-17H,7-8,15H2,1-4H3,(H,23,24). The van der Waals surface area contributed by atoms with Crippen LogP contribution in [0.4, 0.5) is 0 Å². The summed E-state index contributed by atoms with van der Waals surface area (Å²) in [5, 5.41) is 2.96. The second kappa shape index (κ2) is 9.85. The molecule has 140 valence electrons. The van der Waals surface area contributed by atoms with E-state index in [0.717, 1.165) is 29.9 Å². The van der Waals surface area contributed by atoms with Gasteiger partial charge in [0, 0.05) is 6.54 Å². The minimum Gasteiger partial charge on any atom is -0.497 e. The summed E-state index contributed by atoms with van der Waals surface area (Å²) in [4.78, 5) is 12.3. The predicted molar refractivity (Wildman–Crippen MR) is 105 cm³/mol. The van der Waals surface area contributed by atoms with Gasteiger partial charge in [-0.3, -0.25) is 4.79 Å². The summed E-state index contributed by atoms with van der Waals surface area (Å²) in [5.74, 6) is 1.90. The van der Waals surface area contributed by atoms with Crippen molar-refractivity contribution >= 4 is 5.91 Å². The van der Waals surface area contributed by atoms with E-state index in [-0.39, 0.29) is 5.91 Å². The molecular weight excluding hydrogens is 326 g/mol. The molecule has 0 saturated heterocycles. The van der Waals surface area contributed by atoms with E-state index in [1.165, 1.54) is 5.56 Å². The number of hydrogen-bond donors (Lipinski definition) is 1. The van der Waals surface area contributed by atoms with Gasteiger partial charge in [0.1, 0.15) is 11.5 Å². The molecule has 0 aliphatic rings. The summed E-state index contributed by atoms with van der Waals surface area (Å²) in [6.07, 6.45) is 1.28. The van der Waals surface area contributed by atoms with Crippen molar-refractivity contribution < 1.29 is 14.3 Å². The summed E-state index contributed by atoms with van der Waals surface area (Å²) >= 11 is 0. The summed E-state index contributed by atoms with van der Waals surface area (Å²) in [5.41, 5.74) is 2.35. The van der Waals surface area contributed by atoms with Gasteiger partial charge < -0.3 is 14.8 Å². The van der Waals surface area contributed by atoms with Crippen LogP contribution in [0.1, 0.15) is 44.2 Å². The van der Waals surface area contributed by atoms with Gasteiger partial charge in [0.05, 0.1) is 7.11 Å². The summed E-state index contributed by atoms with van der Waals surface area (Å²) < 4.78 is 11.0. The Labute approximate surface area is 156 Å². The van der Waals surface area contributed by atoms with Crippen LogP contribution in [0.25, 0.3) is 0 Å². The first kappa shape index (κ1) is 19.8. The molecule has 4 heteroatoms. The second-order valence-electron chi connectivity index (χ2n) is 6.70. The molecule has 0 spiro atoms. The molecule has 2 aromatic rings. The van der Waals surface area contributed by atoms with Gasteiger partial charge in [-0.15, -0.1) is 0 Å². The Balaban J connectivity index is 1.76. The van der Waals surface area contributed by atoms with E-state index in [4.69, 9.17) is 9.47 Å². The Kier molecular flexibility index (Phi) is 7.52. The van der Waals surface area contributed by atoms with Crippen molar-refractivity contribution in [3.05, 3.63) is 59.7 Å². The van der Waals surface area contributed by atoms with E-state index in [2.05, 4.69) is 31.3 Å². The summed E-state index contributed by atoms with van der Waals surface area (Å²) in [6, 6.07) is 15.9. The van der Waals surface area contributed by atoms with Gasteiger partial charge >= 0.3 is 0 Å². The van der Waals surface area contributed by atoms with E-state index in [1.54, 1.807) is 14.0 Å². The Morgan fingerprint density at radius 1 is 1.04 bits per heavy atom. The first-order valence-corrected chi connectivity index (χ1v) is 9.17. The molecule has 0 heterocycles. The van der Waals surface area contributed by atoms with Crippen LogP contribution in [0.5, 0.6) is 11.5 Å². The fraction of sp³-hybridized carbons (Fsp3) is 0.409. The number of aryl methyl sites for hydroxylation is 1. The van der Waals surface area contributed by atoms with Crippen molar-refractivity contribution in [3.8, 4) is 11.5 Å². The number of nitrogens with one attached hydrogen (secondary N) is 1. The molecule has 1 N–H and O–H groups in total. The third-order valence-corrected chi connectivity index (χ3v) is 4.31. The monoisotopic (exact) mass is 355 g/mol. The second-order valence-corrected chi connectivity index (χ2v) is 6.70. The lowest BCUT2D eigenvalue weighted by atomic mass is 10.0. The van der Waals surface area contributed by atoms with Crippen LogP contribution < -0.4 is 14.8 Å². The topological polar surface area (TPSA) is 47.6 Å². The molecule has 1 amide bonds. The molecule has 0 radical (unpaired) electrons. The van der Waals surface area contributed by atoms with Crippen LogP contribution in [0.2, 0.25) is 0 Å². The minimum absolute atomic E-state index is 0.0849. The SMILES string of the molecule is COc1ccc(CCCNC(=O)C(C)Oc2ccccc2C(C)C)cc1. The van der Waals surface area contributed by atoms with Crippen LogP contribution in [-0.2, 0) is 11.2 Å². The number of carbonyl (C=O) groups is 1. The van der Waals surface area contributed by atoms with Crippen molar-refractivity contribution in [1.29, 1.82) is 0 Å². The van der Waals surface area contributed by atoms with Gasteiger partial charge in [-0.05, 0) is 55.0 Å². The molecule has 1 unspecified atom stereocenters. The Morgan fingerprint density at radius 3 is 2.38 bits per heavy atom. The number of ether oxygens (including phenoxy) is 2. The first-order chi connectivity index (χ1) is 12.5. The van der Waals surface area contributed by atoms with Crippen molar-refractivity contribution in [2.24, 2.45) is 0 Å². The highest BCUT2D eigenvalue weighted by Gasteiger charge is 2.16. The molecule has 4 nitrogen and oxygen atoms in total. The highest BCUT2D eigenvalue weighted by Crippen LogP contribution is 2.26. The molecule has 0 bridgehead atoms. The molecular formula is C22H29NO3. The number of hydrogen-bond acceptors (Lipinski definition) is 3. The van der Waals surface area contributed by atoms with Crippen molar-refractivity contribution in [2.75, 3.05) is 13.7 Å².